The SMILES string of the molecule is CNC1CCN(c2cnc(Sc3cccc(Br)c3)cn2)CC1. The van der Waals surface area contributed by atoms with Crippen LogP contribution in [0.4, 0.5) is 5.82 Å². The Morgan fingerprint density at radius 1 is 1.23 bits per heavy atom. The summed E-state index contributed by atoms with van der Waals surface area (Å²) in [7, 11) is 2.04. The van der Waals surface area contributed by atoms with E-state index in [9.17, 15) is 0 Å². The molecule has 3 rings (SSSR count). The molecule has 0 bridgehead atoms. The molecule has 1 aromatic heterocycles. The summed E-state index contributed by atoms with van der Waals surface area (Å²) in [6.07, 6.45) is 6.07. The third kappa shape index (κ3) is 4.00. The summed E-state index contributed by atoms with van der Waals surface area (Å²) in [5.74, 6) is 0.980. The number of halogens is 1. The minimum Gasteiger partial charge on any atom is -0.355 e. The zero-order valence-electron chi connectivity index (χ0n) is 12.5. The van der Waals surface area contributed by atoms with Gasteiger partial charge in [0.25, 0.3) is 0 Å². The van der Waals surface area contributed by atoms with Crippen molar-refractivity contribution in [1.82, 2.24) is 15.3 Å². The van der Waals surface area contributed by atoms with E-state index in [1.165, 1.54) is 0 Å². The van der Waals surface area contributed by atoms with Gasteiger partial charge in [-0.05, 0) is 38.1 Å². The molecule has 1 fully saturated rings. The fourth-order valence-electron chi connectivity index (χ4n) is 2.57. The molecule has 1 aliphatic rings. The van der Waals surface area contributed by atoms with Gasteiger partial charge in [0, 0.05) is 28.5 Å². The number of benzene rings is 1. The third-order valence-corrected chi connectivity index (χ3v) is 5.26. The molecule has 0 aliphatic carbocycles. The van der Waals surface area contributed by atoms with Crippen LogP contribution >= 0.6 is 27.7 Å². The van der Waals surface area contributed by atoms with Crippen molar-refractivity contribution in [2.75, 3.05) is 25.0 Å². The van der Waals surface area contributed by atoms with E-state index in [0.29, 0.717) is 6.04 Å². The van der Waals surface area contributed by atoms with Crippen LogP contribution in [0.25, 0.3) is 0 Å². The maximum atomic E-state index is 4.58. The molecular formula is C16H19BrN4S. The van der Waals surface area contributed by atoms with Crippen molar-refractivity contribution in [3.05, 3.63) is 41.1 Å². The number of hydrogen-bond donors (Lipinski definition) is 1. The standard InChI is InChI=1S/C16H19BrN4S/c1-18-13-5-7-21(8-6-13)15-10-20-16(11-19-15)22-14-4-2-3-12(17)9-14/h2-4,9-11,13,18H,5-8H2,1H3. The number of piperidine rings is 1. The Morgan fingerprint density at radius 2 is 2.05 bits per heavy atom. The highest BCUT2D eigenvalue weighted by atomic mass is 79.9. The van der Waals surface area contributed by atoms with Crippen molar-refractivity contribution >= 4 is 33.5 Å². The second kappa shape index (κ2) is 7.44. The Balaban J connectivity index is 1.63. The Hall–Kier alpha value is -1.11. The van der Waals surface area contributed by atoms with Gasteiger partial charge in [-0.15, -0.1) is 0 Å². The van der Waals surface area contributed by atoms with Gasteiger partial charge in [0.1, 0.15) is 10.8 Å². The highest BCUT2D eigenvalue weighted by Gasteiger charge is 2.18. The summed E-state index contributed by atoms with van der Waals surface area (Å²) in [4.78, 5) is 12.6. The van der Waals surface area contributed by atoms with Crippen LogP contribution in [0.1, 0.15) is 12.8 Å². The van der Waals surface area contributed by atoms with Crippen molar-refractivity contribution in [2.45, 2.75) is 28.8 Å². The minimum absolute atomic E-state index is 0.635. The molecule has 0 radical (unpaired) electrons. The van der Waals surface area contributed by atoms with E-state index in [1.54, 1.807) is 11.8 Å². The van der Waals surface area contributed by atoms with Crippen LogP contribution in [0.2, 0.25) is 0 Å². The van der Waals surface area contributed by atoms with E-state index in [1.807, 2.05) is 31.6 Å². The molecular weight excluding hydrogens is 360 g/mol. The zero-order valence-corrected chi connectivity index (χ0v) is 14.9. The maximum Gasteiger partial charge on any atom is 0.147 e. The molecule has 0 amide bonds. The van der Waals surface area contributed by atoms with Crippen LogP contribution in [0.5, 0.6) is 0 Å². The summed E-state index contributed by atoms with van der Waals surface area (Å²) in [5.41, 5.74) is 0. The molecule has 0 saturated carbocycles. The molecule has 1 aliphatic heterocycles. The van der Waals surface area contributed by atoms with Gasteiger partial charge in [0.2, 0.25) is 0 Å². The van der Waals surface area contributed by atoms with Gasteiger partial charge in [-0.1, -0.05) is 33.8 Å². The Bertz CT molecular complexity index is 612. The minimum atomic E-state index is 0.635. The first-order valence-electron chi connectivity index (χ1n) is 7.42. The van der Waals surface area contributed by atoms with Crippen molar-refractivity contribution in [3.63, 3.8) is 0 Å². The van der Waals surface area contributed by atoms with Crippen LogP contribution in [0.3, 0.4) is 0 Å². The summed E-state index contributed by atoms with van der Waals surface area (Å²) >= 11 is 5.12. The highest BCUT2D eigenvalue weighted by Crippen LogP contribution is 2.28. The summed E-state index contributed by atoms with van der Waals surface area (Å²) in [6, 6.07) is 8.85. The van der Waals surface area contributed by atoms with Gasteiger partial charge in [-0.3, -0.25) is 0 Å². The van der Waals surface area contributed by atoms with E-state index in [-0.39, 0.29) is 0 Å². The largest absolute Gasteiger partial charge is 0.355 e. The number of nitrogens with one attached hydrogen (secondary N) is 1. The average Bonchev–Trinajstić information content (AvgIpc) is 2.56. The fourth-order valence-corrected chi connectivity index (χ4v) is 3.91. The molecule has 1 N–H and O–H groups in total. The number of hydrogen-bond acceptors (Lipinski definition) is 5. The number of nitrogens with zero attached hydrogens (tertiary/aromatic N) is 3. The van der Waals surface area contributed by atoms with Gasteiger partial charge >= 0.3 is 0 Å². The molecule has 1 saturated heterocycles. The maximum absolute atomic E-state index is 4.58. The van der Waals surface area contributed by atoms with Gasteiger partial charge in [-0.25, -0.2) is 9.97 Å². The second-order valence-corrected chi connectivity index (χ2v) is 7.33. The first kappa shape index (κ1) is 15.8. The Kier molecular flexibility index (Phi) is 5.33. The van der Waals surface area contributed by atoms with Crippen LogP contribution in [0, 0.1) is 0 Å². The third-order valence-electron chi connectivity index (χ3n) is 3.86. The summed E-state index contributed by atoms with van der Waals surface area (Å²) in [5, 5.41) is 4.27. The van der Waals surface area contributed by atoms with Gasteiger partial charge in [0.05, 0.1) is 12.4 Å². The predicted octanol–water partition coefficient (Wildman–Crippen LogP) is 3.58. The predicted molar refractivity (Wildman–Crippen MR) is 94.6 cm³/mol. The van der Waals surface area contributed by atoms with E-state index in [0.717, 1.165) is 46.1 Å². The molecule has 6 heteroatoms. The second-order valence-electron chi connectivity index (χ2n) is 5.32. The van der Waals surface area contributed by atoms with Crippen LogP contribution in [-0.2, 0) is 0 Å². The van der Waals surface area contributed by atoms with Gasteiger partial charge < -0.3 is 10.2 Å². The van der Waals surface area contributed by atoms with Crippen molar-refractivity contribution in [3.8, 4) is 0 Å². The first-order valence-corrected chi connectivity index (χ1v) is 9.03. The smallest absolute Gasteiger partial charge is 0.147 e. The summed E-state index contributed by atoms with van der Waals surface area (Å²) < 4.78 is 1.08. The lowest BCUT2D eigenvalue weighted by molar-refractivity contribution is 0.440. The molecule has 0 spiro atoms. The van der Waals surface area contributed by atoms with Gasteiger partial charge in [0.15, 0.2) is 0 Å². The van der Waals surface area contributed by atoms with E-state index in [4.69, 9.17) is 0 Å². The molecule has 2 aromatic rings. The van der Waals surface area contributed by atoms with Crippen molar-refractivity contribution < 1.29 is 0 Å². The van der Waals surface area contributed by atoms with E-state index in [2.05, 4.69) is 48.2 Å². The summed E-state index contributed by atoms with van der Waals surface area (Å²) in [6.45, 7) is 2.08. The average molecular weight is 379 g/mol. The van der Waals surface area contributed by atoms with Gasteiger partial charge in [-0.2, -0.15) is 0 Å². The molecule has 0 unspecified atom stereocenters. The topological polar surface area (TPSA) is 41.0 Å². The van der Waals surface area contributed by atoms with Crippen LogP contribution in [0.15, 0.2) is 51.1 Å². The first-order chi connectivity index (χ1) is 10.7. The van der Waals surface area contributed by atoms with Crippen LogP contribution in [-0.4, -0.2) is 36.1 Å². The molecule has 4 nitrogen and oxygen atoms in total. The van der Waals surface area contributed by atoms with E-state index < -0.39 is 0 Å². The Labute approximate surface area is 143 Å². The monoisotopic (exact) mass is 378 g/mol. The van der Waals surface area contributed by atoms with Crippen molar-refractivity contribution in [2.24, 2.45) is 0 Å². The quantitative estimate of drug-likeness (QED) is 0.880. The van der Waals surface area contributed by atoms with Crippen LogP contribution < -0.4 is 10.2 Å². The fraction of sp³-hybridized carbons (Fsp3) is 0.375. The highest BCUT2D eigenvalue weighted by molar-refractivity contribution is 9.10. The molecule has 116 valence electrons. The normalized spacial score (nSPS) is 16.0. The molecule has 1 aromatic carbocycles. The Morgan fingerprint density at radius 3 is 2.68 bits per heavy atom. The van der Waals surface area contributed by atoms with Crippen molar-refractivity contribution in [1.29, 1.82) is 0 Å². The van der Waals surface area contributed by atoms with E-state index >= 15 is 0 Å². The number of aromatic nitrogens is 2. The lowest BCUT2D eigenvalue weighted by atomic mass is 10.1. The number of rotatable bonds is 4. The zero-order chi connectivity index (χ0) is 15.4. The number of anilines is 1. The lowest BCUT2D eigenvalue weighted by Gasteiger charge is -2.32. The molecule has 0 atom stereocenters. The molecule has 2 heterocycles. The lowest BCUT2D eigenvalue weighted by Crippen LogP contribution is -2.41. The molecule has 22 heavy (non-hydrogen) atoms.